The summed E-state index contributed by atoms with van der Waals surface area (Å²) in [6, 6.07) is 30.7. The zero-order chi connectivity index (χ0) is 26.0. The van der Waals surface area contributed by atoms with Crippen molar-refractivity contribution in [1.29, 1.82) is 0 Å². The summed E-state index contributed by atoms with van der Waals surface area (Å²) in [6.07, 6.45) is 0. The smallest absolute Gasteiger partial charge is 0.143 e. The van der Waals surface area contributed by atoms with E-state index in [9.17, 15) is 0 Å². The zero-order valence-electron chi connectivity index (χ0n) is 22.6. The van der Waals surface area contributed by atoms with Crippen molar-refractivity contribution < 1.29 is 9.47 Å². The van der Waals surface area contributed by atoms with E-state index in [1.807, 2.05) is 7.11 Å². The van der Waals surface area contributed by atoms with Gasteiger partial charge in [-0.2, -0.15) is 0 Å². The van der Waals surface area contributed by atoms with Crippen LogP contribution in [0.3, 0.4) is 0 Å². The summed E-state index contributed by atoms with van der Waals surface area (Å²) in [4.78, 5) is 6.68. The number of hydrogen-bond donors (Lipinski definition) is 0. The second kappa shape index (κ2) is 10.4. The van der Waals surface area contributed by atoms with E-state index in [0.29, 0.717) is 0 Å². The Morgan fingerprint density at radius 2 is 1.19 bits per heavy atom. The highest BCUT2D eigenvalue weighted by molar-refractivity contribution is 5.97. The lowest BCUT2D eigenvalue weighted by atomic mass is 9.77. The highest BCUT2D eigenvalue weighted by atomic mass is 16.5. The van der Waals surface area contributed by atoms with Crippen molar-refractivity contribution in [1.82, 2.24) is 0 Å². The average Bonchev–Trinajstić information content (AvgIpc) is 2.94. The summed E-state index contributed by atoms with van der Waals surface area (Å²) in [6.45, 7) is 3.32. The lowest BCUT2D eigenvalue weighted by molar-refractivity contribution is 0.0598. The zero-order valence-corrected chi connectivity index (χ0v) is 22.6. The Kier molecular flexibility index (Phi) is 7.09. The van der Waals surface area contributed by atoms with Crippen molar-refractivity contribution in [3.8, 4) is 0 Å². The van der Waals surface area contributed by atoms with E-state index in [0.717, 1.165) is 54.4 Å². The molecular weight excluding hydrogens is 458 g/mol. The van der Waals surface area contributed by atoms with Gasteiger partial charge in [-0.15, -0.1) is 0 Å². The maximum atomic E-state index is 6.63. The van der Waals surface area contributed by atoms with Crippen LogP contribution in [0.4, 0.5) is 17.1 Å². The first-order valence-corrected chi connectivity index (χ1v) is 12.9. The third-order valence-electron chi connectivity index (χ3n) is 7.52. The Balaban J connectivity index is 1.76. The van der Waals surface area contributed by atoms with Gasteiger partial charge in [0.15, 0.2) is 0 Å². The minimum absolute atomic E-state index is 0.758. The van der Waals surface area contributed by atoms with E-state index >= 15 is 0 Å². The Hall–Kier alpha value is -3.54. The molecule has 0 amide bonds. The van der Waals surface area contributed by atoms with Crippen molar-refractivity contribution >= 4 is 27.8 Å². The topological polar surface area (TPSA) is 28.2 Å². The summed E-state index contributed by atoms with van der Waals surface area (Å²) >= 11 is 0. The molecule has 1 heterocycles. The van der Waals surface area contributed by atoms with Gasteiger partial charge in [0.2, 0.25) is 0 Å². The van der Waals surface area contributed by atoms with Gasteiger partial charge in [0, 0.05) is 76.4 Å². The molecule has 1 aliphatic rings. The van der Waals surface area contributed by atoms with Gasteiger partial charge < -0.3 is 24.2 Å². The van der Waals surface area contributed by atoms with E-state index in [2.05, 4.69) is 128 Å². The van der Waals surface area contributed by atoms with Gasteiger partial charge in [-0.3, -0.25) is 0 Å². The molecule has 37 heavy (non-hydrogen) atoms. The van der Waals surface area contributed by atoms with Gasteiger partial charge >= 0.3 is 0 Å². The molecule has 4 aromatic carbocycles. The number of morpholine rings is 1. The van der Waals surface area contributed by atoms with Crippen molar-refractivity contribution in [2.45, 2.75) is 5.60 Å². The fraction of sp³-hybridized carbons (Fsp3) is 0.312. The van der Waals surface area contributed by atoms with Crippen LogP contribution in [0.25, 0.3) is 10.8 Å². The van der Waals surface area contributed by atoms with Crippen LogP contribution in [0, 0.1) is 0 Å². The Bertz CT molecular complexity index is 1290. The largest absolute Gasteiger partial charge is 0.378 e. The second-order valence-electron chi connectivity index (χ2n) is 10.0. The van der Waals surface area contributed by atoms with Crippen LogP contribution in [0.2, 0.25) is 0 Å². The minimum Gasteiger partial charge on any atom is -0.378 e. The maximum Gasteiger partial charge on any atom is 0.143 e. The number of fused-ring (bicyclic) bond motifs is 1. The third-order valence-corrected chi connectivity index (χ3v) is 7.52. The van der Waals surface area contributed by atoms with Gasteiger partial charge in [-0.1, -0.05) is 54.6 Å². The molecule has 1 fully saturated rings. The van der Waals surface area contributed by atoms with Gasteiger partial charge in [-0.05, 0) is 46.8 Å². The van der Waals surface area contributed by atoms with Crippen molar-refractivity contribution in [2.24, 2.45) is 0 Å². The van der Waals surface area contributed by atoms with Crippen molar-refractivity contribution in [2.75, 3.05) is 76.3 Å². The molecule has 0 unspecified atom stereocenters. The number of benzene rings is 4. The predicted molar refractivity (Wildman–Crippen MR) is 155 cm³/mol. The Morgan fingerprint density at radius 1 is 0.676 bits per heavy atom. The van der Waals surface area contributed by atoms with Crippen molar-refractivity contribution in [3.63, 3.8) is 0 Å². The van der Waals surface area contributed by atoms with Crippen LogP contribution in [0.1, 0.15) is 16.7 Å². The number of anilines is 3. The highest BCUT2D eigenvalue weighted by Gasteiger charge is 2.38. The van der Waals surface area contributed by atoms with Crippen LogP contribution < -0.4 is 14.7 Å². The average molecular weight is 496 g/mol. The Labute approximate surface area is 220 Å². The third kappa shape index (κ3) is 4.54. The van der Waals surface area contributed by atoms with Gasteiger partial charge in [0.25, 0.3) is 0 Å². The molecule has 0 bridgehead atoms. The monoisotopic (exact) mass is 495 g/mol. The van der Waals surface area contributed by atoms with Crippen LogP contribution in [-0.2, 0) is 15.1 Å². The van der Waals surface area contributed by atoms with Crippen LogP contribution in [-0.4, -0.2) is 61.6 Å². The van der Waals surface area contributed by atoms with Gasteiger partial charge in [0.1, 0.15) is 5.60 Å². The molecule has 0 atom stereocenters. The lowest BCUT2D eigenvalue weighted by Gasteiger charge is -2.37. The van der Waals surface area contributed by atoms with Gasteiger partial charge in [-0.25, -0.2) is 0 Å². The first kappa shape index (κ1) is 25.1. The number of hydrogen-bond acceptors (Lipinski definition) is 5. The number of rotatable bonds is 7. The van der Waals surface area contributed by atoms with E-state index in [-0.39, 0.29) is 0 Å². The molecule has 0 N–H and O–H groups in total. The quantitative estimate of drug-likeness (QED) is 0.305. The van der Waals surface area contributed by atoms with E-state index in [1.54, 1.807) is 0 Å². The Morgan fingerprint density at radius 3 is 1.68 bits per heavy atom. The van der Waals surface area contributed by atoms with E-state index < -0.39 is 5.60 Å². The first-order valence-electron chi connectivity index (χ1n) is 12.9. The molecule has 0 aromatic heterocycles. The lowest BCUT2D eigenvalue weighted by Crippen LogP contribution is -2.36. The minimum atomic E-state index is -0.779. The van der Waals surface area contributed by atoms with Crippen LogP contribution >= 0.6 is 0 Å². The predicted octanol–water partition coefficient (Wildman–Crippen LogP) is 5.75. The molecule has 0 saturated carbocycles. The molecule has 1 aliphatic heterocycles. The molecule has 0 spiro atoms. The van der Waals surface area contributed by atoms with Gasteiger partial charge in [0.05, 0.1) is 13.2 Å². The summed E-state index contributed by atoms with van der Waals surface area (Å²) in [5.74, 6) is 0. The molecule has 5 nitrogen and oxygen atoms in total. The van der Waals surface area contributed by atoms with E-state index in [4.69, 9.17) is 9.47 Å². The molecule has 5 heteroatoms. The number of methoxy groups -OCH3 is 1. The van der Waals surface area contributed by atoms with Crippen LogP contribution in [0.5, 0.6) is 0 Å². The molecule has 1 saturated heterocycles. The van der Waals surface area contributed by atoms with Crippen molar-refractivity contribution in [3.05, 3.63) is 102 Å². The van der Waals surface area contributed by atoms with E-state index in [1.165, 1.54) is 16.5 Å². The SMILES string of the molecule is COC(c1ccc(N(C)C)cc1)(c1ccc(N(C)C)cc1)c1ccc(N2CCOCC2)c2ccccc12. The second-order valence-corrected chi connectivity index (χ2v) is 10.0. The molecular formula is C32H37N3O2. The molecule has 5 rings (SSSR count). The first-order chi connectivity index (χ1) is 18.0. The highest BCUT2D eigenvalue weighted by Crippen LogP contribution is 2.45. The molecule has 192 valence electrons. The number of nitrogens with zero attached hydrogens (tertiary/aromatic N) is 3. The number of ether oxygens (including phenoxy) is 2. The summed E-state index contributed by atoms with van der Waals surface area (Å²) in [5, 5.41) is 2.43. The molecule has 0 radical (unpaired) electrons. The van der Waals surface area contributed by atoms with Crippen LogP contribution in [0.15, 0.2) is 84.9 Å². The summed E-state index contributed by atoms with van der Waals surface area (Å²) < 4.78 is 12.3. The molecule has 0 aliphatic carbocycles. The fourth-order valence-electron chi connectivity index (χ4n) is 5.48. The fourth-order valence-corrected chi connectivity index (χ4v) is 5.48. The standard InChI is InChI=1S/C32H37N3O2/c1-33(2)26-14-10-24(11-15-26)32(36-5,25-12-16-27(17-13-25)34(3)4)30-18-19-31(35-20-22-37-23-21-35)29-9-7-6-8-28(29)30/h6-19H,20-23H2,1-5H3. The summed E-state index contributed by atoms with van der Waals surface area (Å²) in [7, 11) is 10.1. The normalized spacial score (nSPS) is 14.1. The summed E-state index contributed by atoms with van der Waals surface area (Å²) in [5.41, 5.74) is 6.12. The maximum absolute atomic E-state index is 6.63. The molecule has 4 aromatic rings.